The molecule has 0 bridgehead atoms. The summed E-state index contributed by atoms with van der Waals surface area (Å²) in [6.45, 7) is 2.58. The van der Waals surface area contributed by atoms with E-state index in [4.69, 9.17) is 14.6 Å². The van der Waals surface area contributed by atoms with E-state index in [0.29, 0.717) is 12.4 Å². The first-order valence-corrected chi connectivity index (χ1v) is 4.77. The van der Waals surface area contributed by atoms with Crippen LogP contribution in [0.25, 0.3) is 0 Å². The zero-order valence-electron chi connectivity index (χ0n) is 8.69. The maximum Gasteiger partial charge on any atom is 0.189 e. The fourth-order valence-electron chi connectivity index (χ4n) is 1.02. The molecule has 1 rings (SSSR count). The number of hydrogen-bond donors (Lipinski definition) is 1. The van der Waals surface area contributed by atoms with Crippen molar-refractivity contribution in [3.05, 3.63) is 29.8 Å². The van der Waals surface area contributed by atoms with Gasteiger partial charge in [-0.1, -0.05) is 24.0 Å². The molecule has 80 valence electrons. The van der Waals surface area contributed by atoms with E-state index in [2.05, 4.69) is 11.8 Å². The van der Waals surface area contributed by atoms with E-state index in [1.807, 2.05) is 31.2 Å². The summed E-state index contributed by atoms with van der Waals surface area (Å²) >= 11 is 0. The monoisotopic (exact) mass is 206 g/mol. The largest absolute Gasteiger partial charge is 0.466 e. The molecule has 0 aliphatic heterocycles. The Morgan fingerprint density at radius 1 is 1.33 bits per heavy atom. The molecule has 0 unspecified atom stereocenters. The Morgan fingerprint density at radius 3 is 2.87 bits per heavy atom. The van der Waals surface area contributed by atoms with Crippen molar-refractivity contribution in [2.24, 2.45) is 0 Å². The Kier molecular flexibility index (Phi) is 5.31. The molecule has 1 N–H and O–H groups in total. The molecule has 15 heavy (non-hydrogen) atoms. The third-order valence-electron chi connectivity index (χ3n) is 1.69. The van der Waals surface area contributed by atoms with Crippen LogP contribution in [0.5, 0.6) is 5.75 Å². The zero-order valence-corrected chi connectivity index (χ0v) is 8.69. The van der Waals surface area contributed by atoms with Crippen molar-refractivity contribution in [3.8, 4) is 17.6 Å². The van der Waals surface area contributed by atoms with Gasteiger partial charge >= 0.3 is 0 Å². The molecule has 0 spiro atoms. The van der Waals surface area contributed by atoms with Crippen molar-refractivity contribution in [1.29, 1.82) is 0 Å². The second-order valence-electron chi connectivity index (χ2n) is 2.71. The molecule has 0 atom stereocenters. The van der Waals surface area contributed by atoms with Gasteiger partial charge in [-0.05, 0) is 19.1 Å². The van der Waals surface area contributed by atoms with E-state index < -0.39 is 0 Å². The van der Waals surface area contributed by atoms with Crippen molar-refractivity contribution >= 4 is 0 Å². The normalized spacial score (nSPS) is 9.20. The molecule has 3 heteroatoms. The van der Waals surface area contributed by atoms with Gasteiger partial charge in [-0.3, -0.25) is 0 Å². The van der Waals surface area contributed by atoms with Gasteiger partial charge in [0.05, 0.1) is 5.56 Å². The van der Waals surface area contributed by atoms with E-state index in [9.17, 15) is 0 Å². The van der Waals surface area contributed by atoms with Gasteiger partial charge in [0.25, 0.3) is 0 Å². The highest BCUT2D eigenvalue weighted by Gasteiger charge is 1.98. The van der Waals surface area contributed by atoms with Crippen LogP contribution in [0.1, 0.15) is 12.5 Å². The lowest BCUT2D eigenvalue weighted by Gasteiger charge is -2.07. The zero-order chi connectivity index (χ0) is 10.9. The molecule has 0 fully saturated rings. The van der Waals surface area contributed by atoms with E-state index in [1.165, 1.54) is 0 Å². The van der Waals surface area contributed by atoms with Gasteiger partial charge < -0.3 is 14.6 Å². The fourth-order valence-corrected chi connectivity index (χ4v) is 1.02. The van der Waals surface area contributed by atoms with Crippen LogP contribution < -0.4 is 4.74 Å². The van der Waals surface area contributed by atoms with Crippen molar-refractivity contribution in [2.45, 2.75) is 6.92 Å². The quantitative estimate of drug-likeness (QED) is 0.460. The molecule has 0 amide bonds. The fraction of sp³-hybridized carbons (Fsp3) is 0.333. The highest BCUT2D eigenvalue weighted by Crippen LogP contribution is 2.16. The second-order valence-corrected chi connectivity index (χ2v) is 2.71. The number of aliphatic hydroxyl groups is 1. The van der Waals surface area contributed by atoms with E-state index in [0.717, 1.165) is 5.56 Å². The Hall–Kier alpha value is -1.50. The van der Waals surface area contributed by atoms with Crippen LogP contribution in [0.3, 0.4) is 0 Å². The number of rotatable bonds is 4. The summed E-state index contributed by atoms with van der Waals surface area (Å²) < 4.78 is 10.4. The average Bonchev–Trinajstić information content (AvgIpc) is 2.28. The molecule has 0 aromatic heterocycles. The van der Waals surface area contributed by atoms with Gasteiger partial charge in [0, 0.05) is 6.61 Å². The lowest BCUT2D eigenvalue weighted by atomic mass is 10.2. The lowest BCUT2D eigenvalue weighted by molar-refractivity contribution is 0.0222. The molecule has 0 saturated heterocycles. The molecular formula is C12H14O3. The number of ether oxygens (including phenoxy) is 2. The van der Waals surface area contributed by atoms with Gasteiger partial charge in [0.15, 0.2) is 6.79 Å². The standard InChI is InChI=1S/C12H14O3/c1-2-14-10-15-12-8-4-3-6-11(12)7-5-9-13/h3-4,6,8,13H,2,9-10H2,1H3. The molecule has 0 radical (unpaired) electrons. The Bertz CT molecular complexity index is 349. The van der Waals surface area contributed by atoms with E-state index >= 15 is 0 Å². The first-order valence-electron chi connectivity index (χ1n) is 4.77. The van der Waals surface area contributed by atoms with Gasteiger partial charge in [-0.15, -0.1) is 0 Å². The first-order chi connectivity index (χ1) is 7.38. The SMILES string of the molecule is CCOCOc1ccccc1C#CCO. The maximum atomic E-state index is 8.59. The van der Waals surface area contributed by atoms with Crippen LogP contribution in [-0.4, -0.2) is 25.1 Å². The van der Waals surface area contributed by atoms with Gasteiger partial charge in [-0.25, -0.2) is 0 Å². The van der Waals surface area contributed by atoms with Crippen LogP contribution >= 0.6 is 0 Å². The topological polar surface area (TPSA) is 38.7 Å². The second kappa shape index (κ2) is 6.88. The summed E-state index contributed by atoms with van der Waals surface area (Å²) in [4.78, 5) is 0. The highest BCUT2D eigenvalue weighted by atomic mass is 16.7. The van der Waals surface area contributed by atoms with Crippen LogP contribution in [0.4, 0.5) is 0 Å². The first kappa shape index (κ1) is 11.6. The predicted molar refractivity (Wildman–Crippen MR) is 57.5 cm³/mol. The van der Waals surface area contributed by atoms with Gasteiger partial charge in [0.2, 0.25) is 0 Å². The minimum absolute atomic E-state index is 0.153. The number of hydrogen-bond acceptors (Lipinski definition) is 3. The number of benzene rings is 1. The summed E-state index contributed by atoms with van der Waals surface area (Å²) in [5.41, 5.74) is 0.756. The molecular weight excluding hydrogens is 192 g/mol. The van der Waals surface area contributed by atoms with Crippen molar-refractivity contribution in [3.63, 3.8) is 0 Å². The van der Waals surface area contributed by atoms with Crippen LogP contribution in [0, 0.1) is 11.8 Å². The predicted octanol–water partition coefficient (Wildman–Crippen LogP) is 1.40. The van der Waals surface area contributed by atoms with Crippen molar-refractivity contribution in [2.75, 3.05) is 20.0 Å². The van der Waals surface area contributed by atoms with E-state index in [1.54, 1.807) is 0 Å². The maximum absolute atomic E-state index is 8.59. The van der Waals surface area contributed by atoms with Gasteiger partial charge in [0.1, 0.15) is 12.4 Å². The number of aliphatic hydroxyl groups excluding tert-OH is 1. The summed E-state index contributed by atoms with van der Waals surface area (Å²) in [6, 6.07) is 7.39. The summed E-state index contributed by atoms with van der Waals surface area (Å²) in [6.07, 6.45) is 0. The lowest BCUT2D eigenvalue weighted by Crippen LogP contribution is -2.03. The molecule has 0 aliphatic rings. The smallest absolute Gasteiger partial charge is 0.189 e. The summed E-state index contributed by atoms with van der Waals surface area (Å²) in [5.74, 6) is 6.06. The summed E-state index contributed by atoms with van der Waals surface area (Å²) in [7, 11) is 0. The third-order valence-corrected chi connectivity index (χ3v) is 1.69. The third kappa shape index (κ3) is 4.03. The minimum Gasteiger partial charge on any atom is -0.466 e. The highest BCUT2D eigenvalue weighted by molar-refractivity contribution is 5.45. The number of para-hydroxylation sites is 1. The van der Waals surface area contributed by atoms with Crippen LogP contribution in [0.15, 0.2) is 24.3 Å². The van der Waals surface area contributed by atoms with Crippen molar-refractivity contribution in [1.82, 2.24) is 0 Å². The minimum atomic E-state index is -0.153. The molecule has 1 aromatic carbocycles. The molecule has 3 nitrogen and oxygen atoms in total. The van der Waals surface area contributed by atoms with Crippen LogP contribution in [0.2, 0.25) is 0 Å². The van der Waals surface area contributed by atoms with E-state index in [-0.39, 0.29) is 13.4 Å². The van der Waals surface area contributed by atoms with Crippen molar-refractivity contribution < 1.29 is 14.6 Å². The summed E-state index contributed by atoms with van der Waals surface area (Å²) in [5, 5.41) is 8.59. The Balaban J connectivity index is 2.68. The average molecular weight is 206 g/mol. The Labute approximate surface area is 89.6 Å². The molecule has 1 aromatic rings. The Morgan fingerprint density at radius 2 is 2.13 bits per heavy atom. The molecule has 0 saturated carbocycles. The van der Waals surface area contributed by atoms with Crippen LogP contribution in [-0.2, 0) is 4.74 Å². The molecule has 0 aliphatic carbocycles. The van der Waals surface area contributed by atoms with Gasteiger partial charge in [-0.2, -0.15) is 0 Å². The molecule has 0 heterocycles.